The summed E-state index contributed by atoms with van der Waals surface area (Å²) >= 11 is 0. The molecule has 20 heavy (non-hydrogen) atoms. The van der Waals surface area contributed by atoms with Crippen LogP contribution >= 0.6 is 0 Å². The van der Waals surface area contributed by atoms with Gasteiger partial charge in [0.2, 0.25) is 0 Å². The van der Waals surface area contributed by atoms with Crippen LogP contribution in [0, 0.1) is 0 Å². The number of benzene rings is 1. The van der Waals surface area contributed by atoms with Gasteiger partial charge in [-0.2, -0.15) is 0 Å². The molecule has 0 N–H and O–H groups in total. The van der Waals surface area contributed by atoms with E-state index in [-0.39, 0.29) is 0 Å². The zero-order chi connectivity index (χ0) is 15.4. The fraction of sp³-hybridized carbons (Fsp3) is 0.400. The second-order valence-corrected chi connectivity index (χ2v) is 3.31. The Hall–Kier alpha value is -2.01. The quantitative estimate of drug-likeness (QED) is 0.437. The number of carbonyl (C=O) groups is 1. The monoisotopic (exact) mass is 282 g/mol. The Kier molecular flexibility index (Phi) is 9.78. The van der Waals surface area contributed by atoms with E-state index in [4.69, 9.17) is 14.2 Å². The van der Waals surface area contributed by atoms with Crippen molar-refractivity contribution in [3.63, 3.8) is 0 Å². The molecule has 0 aliphatic carbocycles. The van der Waals surface area contributed by atoms with Gasteiger partial charge < -0.3 is 18.9 Å². The SMILES string of the molecule is C=COc1cc(OCCOC)cc(C(=O)OC)c1.CC. The van der Waals surface area contributed by atoms with Gasteiger partial charge in [-0.1, -0.05) is 20.4 Å². The van der Waals surface area contributed by atoms with Crippen LogP contribution in [0.1, 0.15) is 24.2 Å². The second kappa shape index (κ2) is 10.9. The maximum Gasteiger partial charge on any atom is 0.338 e. The van der Waals surface area contributed by atoms with E-state index >= 15 is 0 Å². The van der Waals surface area contributed by atoms with Crippen molar-refractivity contribution >= 4 is 5.97 Å². The lowest BCUT2D eigenvalue weighted by Crippen LogP contribution is -2.06. The molecule has 0 bridgehead atoms. The van der Waals surface area contributed by atoms with Gasteiger partial charge in [0.05, 0.1) is 25.5 Å². The highest BCUT2D eigenvalue weighted by Gasteiger charge is 2.10. The summed E-state index contributed by atoms with van der Waals surface area (Å²) < 4.78 is 20.1. The van der Waals surface area contributed by atoms with Gasteiger partial charge in [-0.15, -0.1) is 0 Å². The van der Waals surface area contributed by atoms with Crippen molar-refractivity contribution in [3.05, 3.63) is 36.6 Å². The van der Waals surface area contributed by atoms with Crippen molar-refractivity contribution < 1.29 is 23.7 Å². The highest BCUT2D eigenvalue weighted by molar-refractivity contribution is 5.90. The summed E-state index contributed by atoms with van der Waals surface area (Å²) in [6.07, 6.45) is 1.27. The van der Waals surface area contributed by atoms with Gasteiger partial charge in [-0.05, 0) is 12.1 Å². The zero-order valence-corrected chi connectivity index (χ0v) is 12.5. The molecule has 0 unspecified atom stereocenters. The smallest absolute Gasteiger partial charge is 0.338 e. The lowest BCUT2D eigenvalue weighted by molar-refractivity contribution is 0.0599. The summed E-state index contributed by atoms with van der Waals surface area (Å²) in [7, 11) is 2.90. The highest BCUT2D eigenvalue weighted by atomic mass is 16.5. The van der Waals surface area contributed by atoms with Crippen LogP contribution in [0.25, 0.3) is 0 Å². The summed E-state index contributed by atoms with van der Waals surface area (Å²) in [5, 5.41) is 0. The predicted molar refractivity (Wildman–Crippen MR) is 77.3 cm³/mol. The third-order valence-corrected chi connectivity index (χ3v) is 2.08. The Morgan fingerprint density at radius 2 is 1.80 bits per heavy atom. The number of hydrogen-bond acceptors (Lipinski definition) is 5. The summed E-state index contributed by atoms with van der Waals surface area (Å²) in [5.74, 6) is 0.508. The van der Waals surface area contributed by atoms with Gasteiger partial charge >= 0.3 is 5.97 Å². The van der Waals surface area contributed by atoms with E-state index in [0.29, 0.717) is 30.3 Å². The number of esters is 1. The van der Waals surface area contributed by atoms with Crippen molar-refractivity contribution in [2.45, 2.75) is 13.8 Å². The van der Waals surface area contributed by atoms with Crippen molar-refractivity contribution in [2.75, 3.05) is 27.4 Å². The van der Waals surface area contributed by atoms with E-state index in [1.807, 2.05) is 13.8 Å². The first kappa shape index (κ1) is 18.0. The first-order valence-corrected chi connectivity index (χ1v) is 6.34. The Balaban J connectivity index is 0.00000172. The number of ether oxygens (including phenoxy) is 4. The molecule has 0 saturated carbocycles. The second-order valence-electron chi connectivity index (χ2n) is 3.31. The van der Waals surface area contributed by atoms with Crippen LogP contribution in [0.2, 0.25) is 0 Å². The molecule has 1 aromatic carbocycles. The molecule has 0 heterocycles. The minimum atomic E-state index is -0.457. The molecule has 1 rings (SSSR count). The number of rotatable bonds is 7. The number of hydrogen-bond donors (Lipinski definition) is 0. The molecule has 0 saturated heterocycles. The Morgan fingerprint density at radius 3 is 2.35 bits per heavy atom. The minimum absolute atomic E-state index is 0.351. The molecule has 0 aliphatic heterocycles. The molecule has 0 spiro atoms. The third-order valence-electron chi connectivity index (χ3n) is 2.08. The molecule has 0 radical (unpaired) electrons. The standard InChI is InChI=1S/C13H16O5.C2H6/c1-4-17-11-7-10(13(14)16-3)8-12(9-11)18-6-5-15-2;1-2/h4,7-9H,1,5-6H2,2-3H3;1-2H3. The summed E-state index contributed by atoms with van der Waals surface area (Å²) in [5.41, 5.74) is 0.351. The predicted octanol–water partition coefficient (Wildman–Crippen LogP) is 3.05. The molecular formula is C15H22O5. The van der Waals surface area contributed by atoms with Crippen LogP contribution in [-0.2, 0) is 9.47 Å². The first-order valence-electron chi connectivity index (χ1n) is 6.34. The summed E-state index contributed by atoms with van der Waals surface area (Å²) in [6.45, 7) is 8.30. The fourth-order valence-electron chi connectivity index (χ4n) is 1.30. The molecule has 112 valence electrons. The van der Waals surface area contributed by atoms with Crippen LogP contribution in [0.15, 0.2) is 31.0 Å². The van der Waals surface area contributed by atoms with E-state index in [9.17, 15) is 4.79 Å². The normalized spacial score (nSPS) is 9.00. The van der Waals surface area contributed by atoms with Gasteiger partial charge in [0.15, 0.2) is 0 Å². The van der Waals surface area contributed by atoms with E-state index in [1.165, 1.54) is 13.4 Å². The number of carbonyl (C=O) groups excluding carboxylic acids is 1. The molecule has 5 nitrogen and oxygen atoms in total. The van der Waals surface area contributed by atoms with Crippen molar-refractivity contribution in [1.82, 2.24) is 0 Å². The highest BCUT2D eigenvalue weighted by Crippen LogP contribution is 2.23. The first-order chi connectivity index (χ1) is 9.71. The summed E-state index contributed by atoms with van der Waals surface area (Å²) in [4.78, 5) is 11.5. The van der Waals surface area contributed by atoms with Gasteiger partial charge in [0, 0.05) is 13.2 Å². The Morgan fingerprint density at radius 1 is 1.15 bits per heavy atom. The molecule has 1 aromatic rings. The van der Waals surface area contributed by atoms with E-state index < -0.39 is 5.97 Å². The van der Waals surface area contributed by atoms with Crippen LogP contribution < -0.4 is 9.47 Å². The van der Waals surface area contributed by atoms with Gasteiger partial charge in [-0.25, -0.2) is 4.79 Å². The molecule has 0 amide bonds. The van der Waals surface area contributed by atoms with Crippen LogP contribution in [0.5, 0.6) is 11.5 Å². The lowest BCUT2D eigenvalue weighted by Gasteiger charge is -2.09. The maximum atomic E-state index is 11.5. The average molecular weight is 282 g/mol. The van der Waals surface area contributed by atoms with Gasteiger partial charge in [0.1, 0.15) is 18.1 Å². The third kappa shape index (κ3) is 6.24. The number of methoxy groups -OCH3 is 2. The van der Waals surface area contributed by atoms with E-state index in [1.54, 1.807) is 25.3 Å². The zero-order valence-electron chi connectivity index (χ0n) is 12.5. The van der Waals surface area contributed by atoms with Crippen LogP contribution in [-0.4, -0.2) is 33.4 Å². The topological polar surface area (TPSA) is 54.0 Å². The fourth-order valence-corrected chi connectivity index (χ4v) is 1.30. The van der Waals surface area contributed by atoms with E-state index in [2.05, 4.69) is 11.3 Å². The molecule has 0 aliphatic rings. The molecule has 5 heteroatoms. The molecule has 0 aromatic heterocycles. The maximum absolute atomic E-state index is 11.5. The van der Waals surface area contributed by atoms with Crippen molar-refractivity contribution in [2.24, 2.45) is 0 Å². The summed E-state index contributed by atoms with van der Waals surface area (Å²) in [6, 6.07) is 4.79. The van der Waals surface area contributed by atoms with Crippen LogP contribution in [0.3, 0.4) is 0 Å². The molecular weight excluding hydrogens is 260 g/mol. The van der Waals surface area contributed by atoms with E-state index in [0.717, 1.165) is 0 Å². The molecule has 0 fully saturated rings. The van der Waals surface area contributed by atoms with Gasteiger partial charge in [0.25, 0.3) is 0 Å². The van der Waals surface area contributed by atoms with Crippen LogP contribution in [0.4, 0.5) is 0 Å². The molecule has 0 atom stereocenters. The Labute approximate surface area is 120 Å². The minimum Gasteiger partial charge on any atom is -0.491 e. The van der Waals surface area contributed by atoms with Gasteiger partial charge in [-0.3, -0.25) is 0 Å². The van der Waals surface area contributed by atoms with Crippen molar-refractivity contribution in [1.29, 1.82) is 0 Å². The van der Waals surface area contributed by atoms with Crippen molar-refractivity contribution in [3.8, 4) is 11.5 Å². The largest absolute Gasteiger partial charge is 0.491 e. The average Bonchev–Trinajstić information content (AvgIpc) is 2.49. The Bertz CT molecular complexity index is 415. The lowest BCUT2D eigenvalue weighted by atomic mass is 10.2.